The zero-order chi connectivity index (χ0) is 66.2. The third-order valence-electron chi connectivity index (χ3n) is 14.9. The Bertz CT molecular complexity index is 3700. The molecule has 92 heavy (non-hydrogen) atoms. The van der Waals surface area contributed by atoms with E-state index < -0.39 is 142 Å². The number of ether oxygens (including phenoxy) is 4. The number of nitrogens with two attached hydrogens (primary N) is 2. The van der Waals surface area contributed by atoms with Crippen molar-refractivity contribution in [1.82, 2.24) is 64.8 Å². The van der Waals surface area contributed by atoms with Crippen LogP contribution >= 0.6 is 38.1 Å². The molecule has 1 aromatic carbocycles. The maximum atomic E-state index is 16.7. The Balaban J connectivity index is 0.738. The second-order valence-corrected chi connectivity index (χ2v) is 27.5. The summed E-state index contributed by atoms with van der Waals surface area (Å²) in [5.41, 5.74) is 12.5. The molecule has 0 spiro atoms. The van der Waals surface area contributed by atoms with Crippen molar-refractivity contribution in [3.05, 3.63) is 67.3 Å². The lowest BCUT2D eigenvalue weighted by Gasteiger charge is -2.28. The Kier molecular flexibility index (Phi) is 22.2. The molecule has 1 unspecified atom stereocenters. The van der Waals surface area contributed by atoms with E-state index in [1.165, 1.54) is 19.7 Å². The van der Waals surface area contributed by atoms with Crippen LogP contribution in [0.2, 0.25) is 0 Å². The number of imide groups is 1. The smallest absolute Gasteiger partial charge is 0.412 e. The van der Waals surface area contributed by atoms with E-state index in [0.29, 0.717) is 35.3 Å². The first-order valence-corrected chi connectivity index (χ1v) is 33.9. The van der Waals surface area contributed by atoms with Crippen LogP contribution in [-0.4, -0.2) is 186 Å². The number of aromatic nitrogens is 8. The summed E-state index contributed by atoms with van der Waals surface area (Å²) in [4.78, 5) is 128. The van der Waals surface area contributed by atoms with Gasteiger partial charge < -0.3 is 56.6 Å². The van der Waals surface area contributed by atoms with Crippen molar-refractivity contribution in [2.45, 2.75) is 108 Å². The molecule has 496 valence electrons. The largest absolute Gasteiger partial charge is 0.447 e. The van der Waals surface area contributed by atoms with Crippen molar-refractivity contribution in [3.63, 3.8) is 0 Å². The number of anilines is 3. The van der Waals surface area contributed by atoms with Crippen LogP contribution in [0.1, 0.15) is 64.5 Å². The van der Waals surface area contributed by atoms with Crippen molar-refractivity contribution in [2.24, 2.45) is 17.6 Å². The van der Waals surface area contributed by atoms with Gasteiger partial charge >= 0.3 is 31.8 Å². The van der Waals surface area contributed by atoms with Crippen molar-refractivity contribution in [2.75, 3.05) is 62.9 Å². The van der Waals surface area contributed by atoms with Crippen LogP contribution in [0, 0.1) is 11.8 Å². The molecule has 12 atom stereocenters. The minimum absolute atomic E-state index is 0.0459. The number of unbranched alkanes of at least 4 members (excludes halogenated alkanes) is 1. The summed E-state index contributed by atoms with van der Waals surface area (Å²) in [6.07, 6.45) is -4.06. The molecule has 9 rings (SSSR count). The van der Waals surface area contributed by atoms with E-state index in [1.807, 2.05) is 0 Å². The quantitative estimate of drug-likeness (QED) is 0.0207. The van der Waals surface area contributed by atoms with Crippen LogP contribution < -0.4 is 38.1 Å². The highest BCUT2D eigenvalue weighted by Crippen LogP contribution is 2.61. The number of fused-ring (bicyclic) bond motifs is 4. The lowest BCUT2D eigenvalue weighted by atomic mass is 10.0. The van der Waals surface area contributed by atoms with Gasteiger partial charge in [-0.3, -0.25) is 61.4 Å². The number of benzene rings is 1. The van der Waals surface area contributed by atoms with Gasteiger partial charge in [-0.2, -0.15) is 0 Å². The fourth-order valence-corrected chi connectivity index (χ4v) is 13.1. The second-order valence-electron chi connectivity index (χ2n) is 21.7. The van der Waals surface area contributed by atoms with E-state index in [2.05, 4.69) is 81.0 Å². The fourth-order valence-electron chi connectivity index (χ4n) is 10.1. The van der Waals surface area contributed by atoms with Gasteiger partial charge in [0.1, 0.15) is 74.1 Å². The van der Waals surface area contributed by atoms with E-state index in [4.69, 9.17) is 48.5 Å². The standard InChI is InChI=1S/C52H66FN17O18P2S2/c1-26(2)37(65-33(71)14-16-68-34(72)12-13-35(68)73)47(75)64-30(7-5-6-15-56-50(55)76)46(74)63-29-10-8-28(9-11-29)19-82-52(78)67(4)17-18-81-51(77)66-43-39-45(60-23-58-43)70(25-62-39)49-36(53)41-32(86-49)21-84-89(79,91)87-40-27(3)48(85-31(40)20-83-90(80,92)88-41)69-24-61-38-42(54)57-22-59-44(38)69/h8-13,22-27,30-32,36-37,40-41,48-49H,5-7,14-21H2,1-4H3,(H,63,74)(H,64,75)(H,65,71)(H,79,91)(H,80,92)(H2,54,57,59)(H3,55,56,76)(H,58,60,66,77)/t27-,30+,31-,32?,36-,37+,40+,41-,48-,49-,89-,90+/m1/s1. The number of urea groups is 1. The molecular formula is C52H66FN17O18P2S2. The summed E-state index contributed by atoms with van der Waals surface area (Å²) >= 11 is 8.35. The Morgan fingerprint density at radius 2 is 1.42 bits per heavy atom. The van der Waals surface area contributed by atoms with Gasteiger partial charge in [-0.1, -0.05) is 57.4 Å². The number of carbonyl (C=O) groups excluding carboxylic acids is 8. The lowest BCUT2D eigenvalue weighted by Crippen LogP contribution is -2.54. The van der Waals surface area contributed by atoms with Gasteiger partial charge in [0, 0.05) is 50.3 Å². The van der Waals surface area contributed by atoms with Gasteiger partial charge in [-0.25, -0.2) is 57.8 Å². The highest BCUT2D eigenvalue weighted by Gasteiger charge is 2.53. The van der Waals surface area contributed by atoms with Crippen molar-refractivity contribution < 1.29 is 88.9 Å². The molecule has 0 bridgehead atoms. The first-order valence-electron chi connectivity index (χ1n) is 28.5. The highest BCUT2D eigenvalue weighted by atomic mass is 32.7. The minimum atomic E-state index is -4.46. The van der Waals surface area contributed by atoms with Gasteiger partial charge in [-0.05, 0) is 42.9 Å². The average molecular weight is 1360 g/mol. The Morgan fingerprint density at radius 1 is 0.804 bits per heavy atom. The number of hydrogen-bond acceptors (Lipinski definition) is 25. The normalized spacial score (nSPS) is 25.5. The van der Waals surface area contributed by atoms with E-state index >= 15 is 4.39 Å². The van der Waals surface area contributed by atoms with Gasteiger partial charge in [0.2, 0.25) is 17.7 Å². The van der Waals surface area contributed by atoms with E-state index in [0.717, 1.165) is 39.2 Å². The number of carbonyl (C=O) groups is 8. The average Bonchev–Trinajstić information content (AvgIpc) is 1.63. The number of nitrogen functional groups attached to an aromatic ring is 1. The fraction of sp³-hybridized carbons (Fsp3) is 0.500. The molecule has 4 aromatic heterocycles. The molecule has 4 aliphatic rings. The van der Waals surface area contributed by atoms with Crippen LogP contribution in [0.3, 0.4) is 0 Å². The second kappa shape index (κ2) is 29.8. The molecule has 40 heteroatoms. The lowest BCUT2D eigenvalue weighted by molar-refractivity contribution is -0.137. The number of likely N-dealkylation sites (N-methyl/N-ethyl adjacent to an activating group) is 1. The first-order chi connectivity index (χ1) is 43.8. The molecule has 0 saturated carbocycles. The third kappa shape index (κ3) is 16.8. The summed E-state index contributed by atoms with van der Waals surface area (Å²) in [5.74, 6) is -4.07. The molecule has 0 aliphatic carbocycles. The van der Waals surface area contributed by atoms with Crippen LogP contribution in [0.4, 0.5) is 36.1 Å². The minimum Gasteiger partial charge on any atom is -0.447 e. The number of hydrogen-bond donors (Lipinski definition) is 9. The van der Waals surface area contributed by atoms with Crippen LogP contribution in [0.15, 0.2) is 61.7 Å². The van der Waals surface area contributed by atoms with E-state index in [1.54, 1.807) is 49.6 Å². The number of imidazole rings is 2. The van der Waals surface area contributed by atoms with Crippen molar-refractivity contribution in [3.8, 4) is 0 Å². The maximum absolute atomic E-state index is 16.7. The topological polar surface area (TPSA) is 450 Å². The van der Waals surface area contributed by atoms with Gasteiger partial charge in [0.25, 0.3) is 11.8 Å². The summed E-state index contributed by atoms with van der Waals surface area (Å²) in [6, 6.07) is 3.33. The number of nitrogens with one attached hydrogen (secondary N) is 5. The predicted molar refractivity (Wildman–Crippen MR) is 325 cm³/mol. The summed E-state index contributed by atoms with van der Waals surface area (Å²) in [6.45, 7) is -5.51. The van der Waals surface area contributed by atoms with E-state index in [9.17, 15) is 47.5 Å². The van der Waals surface area contributed by atoms with Crippen LogP contribution in [0.25, 0.3) is 22.3 Å². The molecule has 9 amide bonds. The Labute approximate surface area is 533 Å². The molecule has 3 saturated heterocycles. The van der Waals surface area contributed by atoms with Gasteiger partial charge in [0.15, 0.2) is 40.8 Å². The Hall–Kier alpha value is -7.93. The zero-order valence-corrected chi connectivity index (χ0v) is 53.1. The third-order valence-corrected chi connectivity index (χ3v) is 18.1. The summed E-state index contributed by atoms with van der Waals surface area (Å²) < 4.78 is 93.1. The van der Waals surface area contributed by atoms with Crippen LogP contribution in [-0.2, 0) is 76.8 Å². The van der Waals surface area contributed by atoms with Crippen molar-refractivity contribution in [1.29, 1.82) is 0 Å². The zero-order valence-electron chi connectivity index (χ0n) is 49.5. The van der Waals surface area contributed by atoms with Crippen LogP contribution in [0.5, 0.6) is 0 Å². The molecule has 0 radical (unpaired) electrons. The number of primary amides is 1. The monoisotopic (exact) mass is 1360 g/mol. The number of nitrogens with zero attached hydrogens (tertiary/aromatic N) is 10. The summed E-state index contributed by atoms with van der Waals surface area (Å²) in [7, 11) is 1.40. The first kappa shape index (κ1) is 68.4. The maximum Gasteiger partial charge on any atom is 0.412 e. The highest BCUT2D eigenvalue weighted by molar-refractivity contribution is 8.44. The molecule has 3 fully saturated rings. The molecule has 4 aliphatic heterocycles. The number of alkyl halides is 1. The molecule has 5 aromatic rings. The molecular weight excluding hydrogens is 1300 g/mol. The Morgan fingerprint density at radius 3 is 2.10 bits per heavy atom. The number of halogens is 1. The summed E-state index contributed by atoms with van der Waals surface area (Å²) in [5, 5.41) is 13.0. The number of thiol groups is 2. The van der Waals surface area contributed by atoms with E-state index in [-0.39, 0.29) is 68.5 Å². The predicted octanol–water partition coefficient (Wildman–Crippen LogP) is 3.45. The molecule has 8 heterocycles. The van der Waals surface area contributed by atoms with Gasteiger partial charge in [-0.15, -0.1) is 0 Å². The van der Waals surface area contributed by atoms with Gasteiger partial charge in [0.05, 0.1) is 32.4 Å². The SMILES string of the molecule is CC(C)[C@H](NC(=O)CCN1C(=O)C=CC1=O)C(=O)N[C@@H](CCCCNC(N)=O)C(=O)Nc1ccc(COC(=O)N(C)CCOC(=O)Nc2ncnc3c2ncn3[C@@H]2OC3CO[P@@](=O)(S)O[C@H]4[C@@H](C)[C@H](n5cnc6c(N)ncnc65)O[C@@H]4CO[P@](=O)(S)O[C@H]3[C@H]2F)cc1. The number of rotatable bonds is 22. The number of amides is 9. The van der Waals surface area contributed by atoms with Crippen molar-refractivity contribution >= 4 is 125 Å². The molecule has 9 N–H and O–H groups in total. The molecule has 35 nitrogen and oxygen atoms in total.